The highest BCUT2D eigenvalue weighted by Gasteiger charge is 2.21. The van der Waals surface area contributed by atoms with Crippen molar-refractivity contribution in [2.45, 2.75) is 12.6 Å². The maximum atomic E-state index is 12.1. The van der Waals surface area contributed by atoms with Crippen LogP contribution in [0, 0.1) is 0 Å². The Morgan fingerprint density at radius 3 is 2.82 bits per heavy atom. The minimum atomic E-state index is -0.531. The Kier molecular flexibility index (Phi) is 4.41. The van der Waals surface area contributed by atoms with E-state index in [0.717, 1.165) is 22.0 Å². The number of aromatic nitrogens is 2. The number of benzene rings is 2. The topological polar surface area (TPSA) is 64.1 Å². The van der Waals surface area contributed by atoms with Gasteiger partial charge < -0.3 is 4.74 Å². The van der Waals surface area contributed by atoms with E-state index < -0.39 is 6.04 Å². The van der Waals surface area contributed by atoms with Crippen LogP contribution in [0.25, 0.3) is 10.8 Å². The third kappa shape index (κ3) is 3.13. The van der Waals surface area contributed by atoms with Crippen molar-refractivity contribution >= 4 is 28.3 Å². The predicted molar refractivity (Wildman–Crippen MR) is 85.5 cm³/mol. The number of carbonyl (C=O) groups excluding carboxylic acids is 1. The molecule has 0 fully saturated rings. The molecule has 0 unspecified atom stereocenters. The zero-order chi connectivity index (χ0) is 15.4. The summed E-state index contributed by atoms with van der Waals surface area (Å²) in [6, 6.07) is 13.5. The fraction of sp³-hybridized carbons (Fsp3) is 0.188. The minimum Gasteiger partial charge on any atom is -0.468 e. The molecule has 1 aromatic heterocycles. The van der Waals surface area contributed by atoms with E-state index in [1.54, 1.807) is 0 Å². The molecule has 0 spiro atoms. The number of nitrogens with zero attached hydrogens (tertiary/aromatic N) is 2. The van der Waals surface area contributed by atoms with Crippen molar-refractivity contribution in [3.8, 4) is 0 Å². The third-order valence-electron chi connectivity index (χ3n) is 3.44. The second kappa shape index (κ2) is 6.64. The first kappa shape index (κ1) is 14.6. The largest absolute Gasteiger partial charge is 0.468 e. The van der Waals surface area contributed by atoms with Gasteiger partial charge in [0.2, 0.25) is 0 Å². The molecule has 0 saturated heterocycles. The normalized spacial score (nSPS) is 12.2. The average molecular weight is 313 g/mol. The van der Waals surface area contributed by atoms with Gasteiger partial charge >= 0.3 is 5.97 Å². The average Bonchev–Trinajstić information content (AvgIpc) is 3.08. The van der Waals surface area contributed by atoms with Crippen LogP contribution in [0.15, 0.2) is 47.8 Å². The summed E-state index contributed by atoms with van der Waals surface area (Å²) in [4.78, 5) is 12.1. The van der Waals surface area contributed by atoms with Crippen LogP contribution in [0.1, 0.15) is 17.3 Å². The SMILES string of the molecule is COC(=O)[C@@H](NCc1csnn1)c1ccc2ccccc2c1. The summed E-state index contributed by atoms with van der Waals surface area (Å²) >= 11 is 1.29. The van der Waals surface area contributed by atoms with E-state index in [-0.39, 0.29) is 5.97 Å². The first-order valence-electron chi connectivity index (χ1n) is 6.84. The number of methoxy groups -OCH3 is 1. The van der Waals surface area contributed by atoms with Gasteiger partial charge in [0.1, 0.15) is 6.04 Å². The van der Waals surface area contributed by atoms with Crippen molar-refractivity contribution in [2.75, 3.05) is 7.11 Å². The van der Waals surface area contributed by atoms with Crippen LogP contribution in [0.3, 0.4) is 0 Å². The first-order chi connectivity index (χ1) is 10.8. The quantitative estimate of drug-likeness (QED) is 0.734. The molecule has 3 aromatic rings. The second-order valence-corrected chi connectivity index (χ2v) is 5.45. The van der Waals surface area contributed by atoms with E-state index in [0.29, 0.717) is 6.54 Å². The number of hydrogen-bond acceptors (Lipinski definition) is 6. The lowest BCUT2D eigenvalue weighted by Crippen LogP contribution is -2.29. The summed E-state index contributed by atoms with van der Waals surface area (Å²) in [7, 11) is 1.39. The van der Waals surface area contributed by atoms with Gasteiger partial charge in [-0.1, -0.05) is 40.9 Å². The predicted octanol–water partition coefficient (Wildman–Crippen LogP) is 2.70. The van der Waals surface area contributed by atoms with Gasteiger partial charge in [-0.15, -0.1) is 5.10 Å². The Hall–Kier alpha value is -2.31. The fourth-order valence-corrected chi connectivity index (χ4v) is 2.76. The molecular formula is C16H15N3O2S. The number of carbonyl (C=O) groups is 1. The zero-order valence-corrected chi connectivity index (χ0v) is 12.8. The van der Waals surface area contributed by atoms with E-state index in [2.05, 4.69) is 14.9 Å². The number of esters is 1. The molecule has 0 saturated carbocycles. The van der Waals surface area contributed by atoms with Gasteiger partial charge in [-0.2, -0.15) is 0 Å². The molecule has 0 aliphatic carbocycles. The van der Waals surface area contributed by atoms with Crippen LogP contribution in [-0.4, -0.2) is 22.7 Å². The van der Waals surface area contributed by atoms with E-state index in [4.69, 9.17) is 4.74 Å². The monoisotopic (exact) mass is 313 g/mol. The number of nitrogens with one attached hydrogen (secondary N) is 1. The number of rotatable bonds is 5. The lowest BCUT2D eigenvalue weighted by atomic mass is 10.0. The third-order valence-corrected chi connectivity index (χ3v) is 3.99. The smallest absolute Gasteiger partial charge is 0.327 e. The summed E-state index contributed by atoms with van der Waals surface area (Å²) in [6.45, 7) is 0.461. The van der Waals surface area contributed by atoms with Crippen molar-refractivity contribution in [1.29, 1.82) is 0 Å². The van der Waals surface area contributed by atoms with Crippen molar-refractivity contribution in [2.24, 2.45) is 0 Å². The maximum Gasteiger partial charge on any atom is 0.327 e. The number of ether oxygens (including phenoxy) is 1. The Labute approximate surface area is 132 Å². The van der Waals surface area contributed by atoms with Crippen LogP contribution < -0.4 is 5.32 Å². The van der Waals surface area contributed by atoms with Gasteiger partial charge in [0.15, 0.2) is 0 Å². The standard InChI is InChI=1S/C16H15N3O2S/c1-21-16(20)15(17-9-14-10-22-19-18-14)13-7-6-11-4-2-3-5-12(11)8-13/h2-8,10,15,17H,9H2,1H3/t15-/m0/s1. The molecule has 22 heavy (non-hydrogen) atoms. The molecule has 112 valence electrons. The Morgan fingerprint density at radius 2 is 2.09 bits per heavy atom. The van der Waals surface area contributed by atoms with Gasteiger partial charge in [0.25, 0.3) is 0 Å². The fourth-order valence-electron chi connectivity index (χ4n) is 2.31. The molecule has 0 aliphatic heterocycles. The van der Waals surface area contributed by atoms with Crippen LogP contribution in [-0.2, 0) is 16.1 Å². The molecule has 3 rings (SSSR count). The van der Waals surface area contributed by atoms with Crippen LogP contribution in [0.4, 0.5) is 0 Å². The van der Waals surface area contributed by atoms with E-state index >= 15 is 0 Å². The Bertz CT molecular complexity index is 774. The zero-order valence-electron chi connectivity index (χ0n) is 12.0. The van der Waals surface area contributed by atoms with Crippen LogP contribution >= 0.6 is 11.5 Å². The Balaban J connectivity index is 1.87. The Morgan fingerprint density at radius 1 is 1.27 bits per heavy atom. The summed E-state index contributed by atoms with van der Waals surface area (Å²) in [5.74, 6) is -0.321. The van der Waals surface area contributed by atoms with E-state index in [1.807, 2.05) is 47.8 Å². The molecule has 6 heteroatoms. The maximum absolute atomic E-state index is 12.1. The number of fused-ring (bicyclic) bond motifs is 1. The summed E-state index contributed by atoms with van der Waals surface area (Å²) < 4.78 is 8.73. The minimum absolute atomic E-state index is 0.321. The van der Waals surface area contributed by atoms with E-state index in [1.165, 1.54) is 18.6 Å². The lowest BCUT2D eigenvalue weighted by Gasteiger charge is -2.16. The second-order valence-electron chi connectivity index (χ2n) is 4.84. The molecule has 0 aliphatic rings. The number of hydrogen-bond donors (Lipinski definition) is 1. The van der Waals surface area contributed by atoms with Gasteiger partial charge in [-0.05, 0) is 33.9 Å². The van der Waals surface area contributed by atoms with Gasteiger partial charge in [0.05, 0.1) is 12.8 Å². The summed E-state index contributed by atoms with van der Waals surface area (Å²) in [5, 5.41) is 11.2. The molecule has 0 radical (unpaired) electrons. The highest BCUT2D eigenvalue weighted by Crippen LogP contribution is 2.21. The van der Waals surface area contributed by atoms with Crippen molar-refractivity contribution in [3.05, 3.63) is 59.1 Å². The first-order valence-corrected chi connectivity index (χ1v) is 7.67. The van der Waals surface area contributed by atoms with Crippen molar-refractivity contribution in [3.63, 3.8) is 0 Å². The van der Waals surface area contributed by atoms with Crippen LogP contribution in [0.5, 0.6) is 0 Å². The molecule has 1 atom stereocenters. The highest BCUT2D eigenvalue weighted by atomic mass is 32.1. The van der Waals surface area contributed by atoms with Crippen molar-refractivity contribution < 1.29 is 9.53 Å². The van der Waals surface area contributed by atoms with Gasteiger partial charge in [-0.25, -0.2) is 4.79 Å². The molecule has 0 bridgehead atoms. The molecule has 5 nitrogen and oxygen atoms in total. The molecule has 1 heterocycles. The van der Waals surface area contributed by atoms with Crippen LogP contribution in [0.2, 0.25) is 0 Å². The lowest BCUT2D eigenvalue weighted by molar-refractivity contribution is -0.143. The summed E-state index contributed by atoms with van der Waals surface area (Å²) in [5.41, 5.74) is 1.67. The van der Waals surface area contributed by atoms with E-state index in [9.17, 15) is 4.79 Å². The molecule has 0 amide bonds. The molecule has 2 aromatic carbocycles. The molecular weight excluding hydrogens is 298 g/mol. The van der Waals surface area contributed by atoms with Gasteiger partial charge in [0, 0.05) is 11.9 Å². The van der Waals surface area contributed by atoms with Crippen molar-refractivity contribution in [1.82, 2.24) is 14.9 Å². The van der Waals surface area contributed by atoms with Gasteiger partial charge in [-0.3, -0.25) is 5.32 Å². The highest BCUT2D eigenvalue weighted by molar-refractivity contribution is 7.03. The summed E-state index contributed by atoms with van der Waals surface area (Å²) in [6.07, 6.45) is 0. The molecule has 1 N–H and O–H groups in total.